The Kier molecular flexibility index (Phi) is 11.3. The van der Waals surface area contributed by atoms with E-state index in [1.54, 1.807) is 6.92 Å². The number of aromatic amines is 1. The van der Waals surface area contributed by atoms with Gasteiger partial charge in [-0.25, -0.2) is 0 Å². The Balaban J connectivity index is 1.80. The zero-order valence-corrected chi connectivity index (χ0v) is 23.1. The van der Waals surface area contributed by atoms with E-state index in [1.165, 1.54) is 0 Å². The molecule has 1 N–H and O–H groups in total. The van der Waals surface area contributed by atoms with E-state index in [4.69, 9.17) is 23.7 Å². The predicted molar refractivity (Wildman–Crippen MR) is 141 cm³/mol. The Morgan fingerprint density at radius 3 is 1.90 bits per heavy atom. The lowest BCUT2D eigenvalue weighted by molar-refractivity contribution is -0.294. The maximum Gasteiger partial charge on any atom is 0.308 e. The molecule has 1 aliphatic rings. The van der Waals surface area contributed by atoms with Crippen molar-refractivity contribution in [3.63, 3.8) is 0 Å². The van der Waals surface area contributed by atoms with Gasteiger partial charge in [0.15, 0.2) is 12.2 Å². The summed E-state index contributed by atoms with van der Waals surface area (Å²) in [5.74, 6) is -2.19. The molecule has 1 aromatic heterocycles. The molecule has 1 aliphatic heterocycles. The van der Waals surface area contributed by atoms with E-state index < -0.39 is 54.6 Å². The van der Waals surface area contributed by atoms with Crippen molar-refractivity contribution in [1.29, 1.82) is 0 Å². The van der Waals surface area contributed by atoms with E-state index in [0.717, 1.165) is 16.5 Å². The highest BCUT2D eigenvalue weighted by molar-refractivity contribution is 5.83. The van der Waals surface area contributed by atoms with Crippen LogP contribution < -0.4 is 0 Å². The van der Waals surface area contributed by atoms with Gasteiger partial charge in [0.1, 0.15) is 0 Å². The molecule has 5 unspecified atom stereocenters. The molecule has 5 atom stereocenters. The molecule has 214 valence electrons. The zero-order chi connectivity index (χ0) is 28.4. The van der Waals surface area contributed by atoms with E-state index >= 15 is 0 Å². The summed E-state index contributed by atoms with van der Waals surface area (Å²) < 4.78 is 28.5. The highest BCUT2D eigenvalue weighted by Gasteiger charge is 2.52. The number of esters is 4. The summed E-state index contributed by atoms with van der Waals surface area (Å²) in [7, 11) is 0. The molecule has 10 nitrogen and oxygen atoms in total. The van der Waals surface area contributed by atoms with E-state index in [0.29, 0.717) is 25.7 Å². The van der Waals surface area contributed by atoms with E-state index in [-0.39, 0.29) is 25.7 Å². The van der Waals surface area contributed by atoms with Crippen LogP contribution in [0.25, 0.3) is 10.9 Å². The van der Waals surface area contributed by atoms with Crippen LogP contribution >= 0.6 is 0 Å². The van der Waals surface area contributed by atoms with Gasteiger partial charge in [-0.2, -0.15) is 0 Å². The van der Waals surface area contributed by atoms with Crippen LogP contribution in [0.15, 0.2) is 30.5 Å². The first kappa shape index (κ1) is 30.1. The minimum Gasteiger partial charge on any atom is -0.455 e. The van der Waals surface area contributed by atoms with Gasteiger partial charge in [0.05, 0.1) is 6.10 Å². The van der Waals surface area contributed by atoms with Crippen molar-refractivity contribution in [2.75, 3.05) is 0 Å². The summed E-state index contributed by atoms with van der Waals surface area (Å²) >= 11 is 0. The smallest absolute Gasteiger partial charge is 0.308 e. The Labute approximate surface area is 228 Å². The largest absolute Gasteiger partial charge is 0.455 e. The third-order valence-corrected chi connectivity index (χ3v) is 6.41. The van der Waals surface area contributed by atoms with Gasteiger partial charge in [-0.3, -0.25) is 19.2 Å². The molecule has 0 bridgehead atoms. The van der Waals surface area contributed by atoms with Crippen LogP contribution in [-0.2, 0) is 49.3 Å². The van der Waals surface area contributed by atoms with Crippen molar-refractivity contribution in [2.24, 2.45) is 0 Å². The van der Waals surface area contributed by atoms with Crippen molar-refractivity contribution < 1.29 is 42.9 Å². The molecule has 0 spiro atoms. The van der Waals surface area contributed by atoms with Crippen molar-refractivity contribution in [3.8, 4) is 0 Å². The molecule has 39 heavy (non-hydrogen) atoms. The number of carbonyl (C=O) groups excluding carboxylic acids is 4. The third-order valence-electron chi connectivity index (χ3n) is 6.41. The first-order valence-corrected chi connectivity index (χ1v) is 13.8. The third kappa shape index (κ3) is 8.29. The lowest BCUT2D eigenvalue weighted by Gasteiger charge is -2.43. The number of aromatic nitrogens is 1. The molecule has 2 aromatic rings. The lowest BCUT2D eigenvalue weighted by atomic mass is 9.98. The van der Waals surface area contributed by atoms with Crippen molar-refractivity contribution in [2.45, 2.75) is 110 Å². The van der Waals surface area contributed by atoms with Gasteiger partial charge in [0, 0.05) is 42.8 Å². The number of rotatable bonds is 13. The topological polar surface area (TPSA) is 130 Å². The lowest BCUT2D eigenvalue weighted by Crippen LogP contribution is -2.61. The number of fused-ring (bicyclic) bond motifs is 1. The summed E-state index contributed by atoms with van der Waals surface area (Å²) in [6.07, 6.45) is -1.42. The molecule has 1 saturated heterocycles. The Hall–Kier alpha value is -3.40. The summed E-state index contributed by atoms with van der Waals surface area (Å²) in [6.45, 7) is 7.10. The Morgan fingerprint density at radius 1 is 0.744 bits per heavy atom. The second-order valence-electron chi connectivity index (χ2n) is 9.67. The minimum absolute atomic E-state index is 0.0426. The Morgan fingerprint density at radius 2 is 1.28 bits per heavy atom. The first-order chi connectivity index (χ1) is 18.8. The van der Waals surface area contributed by atoms with Gasteiger partial charge < -0.3 is 28.7 Å². The predicted octanol–water partition coefficient (Wildman–Crippen LogP) is 4.52. The van der Waals surface area contributed by atoms with Crippen LogP contribution in [0.4, 0.5) is 0 Å². The fourth-order valence-electron chi connectivity index (χ4n) is 4.50. The van der Waals surface area contributed by atoms with E-state index in [2.05, 4.69) is 4.98 Å². The Bertz CT molecular complexity index is 1130. The molecule has 0 saturated carbocycles. The molecule has 3 rings (SSSR count). The number of aryl methyl sites for hydroxylation is 1. The fourth-order valence-corrected chi connectivity index (χ4v) is 4.50. The molecule has 1 fully saturated rings. The normalized spacial score (nSPS) is 22.7. The minimum atomic E-state index is -1.35. The number of hydrogen-bond donors (Lipinski definition) is 1. The molecule has 0 amide bonds. The van der Waals surface area contributed by atoms with Crippen molar-refractivity contribution >= 4 is 34.8 Å². The van der Waals surface area contributed by atoms with Gasteiger partial charge in [-0.1, -0.05) is 39.0 Å². The quantitative estimate of drug-likeness (QED) is 0.285. The SMILES string of the molecule is CCCC(=O)OC1C(C)OC(OC(=O)CCc2c[nH]c3ccccc23)C(OC(=O)CCC)C1OC(=O)CCC. The summed E-state index contributed by atoms with van der Waals surface area (Å²) in [4.78, 5) is 53.6. The molecular formula is C29H39NO9. The molecule has 0 radical (unpaired) electrons. The van der Waals surface area contributed by atoms with Gasteiger partial charge in [0.2, 0.25) is 12.4 Å². The van der Waals surface area contributed by atoms with Crippen LogP contribution in [0.3, 0.4) is 0 Å². The fraction of sp³-hybridized carbons (Fsp3) is 0.586. The highest BCUT2D eigenvalue weighted by Crippen LogP contribution is 2.31. The van der Waals surface area contributed by atoms with Crippen LogP contribution in [0.2, 0.25) is 0 Å². The number of carbonyl (C=O) groups is 4. The zero-order valence-electron chi connectivity index (χ0n) is 23.1. The van der Waals surface area contributed by atoms with Crippen LogP contribution in [-0.4, -0.2) is 59.6 Å². The van der Waals surface area contributed by atoms with Crippen molar-refractivity contribution in [1.82, 2.24) is 4.98 Å². The molecular weight excluding hydrogens is 506 g/mol. The number of para-hydroxylation sites is 1. The summed E-state index contributed by atoms with van der Waals surface area (Å²) in [5, 5.41) is 1.01. The van der Waals surface area contributed by atoms with Crippen LogP contribution in [0.1, 0.15) is 78.2 Å². The summed E-state index contributed by atoms with van der Waals surface area (Å²) in [6, 6.07) is 7.77. The van der Waals surface area contributed by atoms with E-state index in [9.17, 15) is 19.2 Å². The number of hydrogen-bond acceptors (Lipinski definition) is 9. The van der Waals surface area contributed by atoms with Crippen molar-refractivity contribution in [3.05, 3.63) is 36.0 Å². The molecule has 0 aliphatic carbocycles. The maximum absolute atomic E-state index is 12.9. The standard InChI is InChI=1S/C29H39NO9/c1-5-10-22(31)36-26-18(4)35-29(28(38-24(33)12-7-3)27(26)37-23(32)11-6-2)39-25(34)16-15-19-17-30-21-14-9-8-13-20(19)21/h8-9,13-14,17-18,26-30H,5-7,10-12,15-16H2,1-4H3. The van der Waals surface area contributed by atoms with E-state index in [1.807, 2.05) is 51.2 Å². The monoisotopic (exact) mass is 545 g/mol. The second kappa shape index (κ2) is 14.7. The van der Waals surface area contributed by atoms with Gasteiger partial charge in [-0.05, 0) is 44.2 Å². The summed E-state index contributed by atoms with van der Waals surface area (Å²) in [5.41, 5.74) is 1.93. The molecule has 10 heteroatoms. The first-order valence-electron chi connectivity index (χ1n) is 13.8. The van der Waals surface area contributed by atoms with Gasteiger partial charge >= 0.3 is 23.9 Å². The van der Waals surface area contributed by atoms with Gasteiger partial charge in [0.25, 0.3) is 0 Å². The molecule has 1 aromatic carbocycles. The highest BCUT2D eigenvalue weighted by atomic mass is 16.7. The number of benzene rings is 1. The number of ether oxygens (including phenoxy) is 5. The maximum atomic E-state index is 12.9. The van der Waals surface area contributed by atoms with Crippen LogP contribution in [0.5, 0.6) is 0 Å². The number of H-pyrrole nitrogens is 1. The number of nitrogens with one attached hydrogen (secondary N) is 1. The van der Waals surface area contributed by atoms with Crippen LogP contribution in [0, 0.1) is 0 Å². The van der Waals surface area contributed by atoms with Gasteiger partial charge in [-0.15, -0.1) is 0 Å². The average Bonchev–Trinajstić information content (AvgIpc) is 3.31. The molecule has 2 heterocycles. The average molecular weight is 546 g/mol. The second-order valence-corrected chi connectivity index (χ2v) is 9.67.